The Bertz CT molecular complexity index is 1100. The quantitative estimate of drug-likeness (QED) is 0.530. The zero-order valence-corrected chi connectivity index (χ0v) is 14.7. The molecule has 1 saturated heterocycles. The second kappa shape index (κ2) is 6.93. The lowest BCUT2D eigenvalue weighted by Gasteiger charge is -2.09. The van der Waals surface area contributed by atoms with Crippen molar-refractivity contribution in [2.45, 2.75) is 12.8 Å². The molecule has 6 heteroatoms. The summed E-state index contributed by atoms with van der Waals surface area (Å²) < 4.78 is 1.80. The smallest absolute Gasteiger partial charge is 0.181 e. The third-order valence-electron chi connectivity index (χ3n) is 5.03. The summed E-state index contributed by atoms with van der Waals surface area (Å²) in [5, 5.41) is 18.0. The Labute approximate surface area is 156 Å². The van der Waals surface area contributed by atoms with Crippen LogP contribution in [0.15, 0.2) is 48.8 Å². The number of hydrogen-bond donors (Lipinski definition) is 0. The van der Waals surface area contributed by atoms with Crippen molar-refractivity contribution >= 4 is 11.4 Å². The molecule has 1 fully saturated rings. The normalized spacial score (nSPS) is 16.2. The first-order valence-corrected chi connectivity index (χ1v) is 8.83. The summed E-state index contributed by atoms with van der Waals surface area (Å²) in [6.07, 6.45) is 6.91. The number of fused-ring (bicyclic) bond motifs is 1. The van der Waals surface area contributed by atoms with Crippen LogP contribution in [0, 0.1) is 28.7 Å². The summed E-state index contributed by atoms with van der Waals surface area (Å²) in [4.78, 5) is 18.8. The minimum Gasteiger partial charge on any atom is -0.310 e. The highest BCUT2D eigenvalue weighted by atomic mass is 16.1. The fourth-order valence-corrected chi connectivity index (χ4v) is 3.59. The number of imidazole rings is 1. The van der Waals surface area contributed by atoms with Gasteiger partial charge in [0.15, 0.2) is 12.0 Å². The lowest BCUT2D eigenvalue weighted by Crippen LogP contribution is -2.16. The highest BCUT2D eigenvalue weighted by Gasteiger charge is 2.25. The molecule has 3 aromatic rings. The predicted molar refractivity (Wildman–Crippen MR) is 99.6 cm³/mol. The van der Waals surface area contributed by atoms with Crippen LogP contribution < -0.4 is 0 Å². The molecule has 0 N–H and O–H groups in total. The van der Waals surface area contributed by atoms with Crippen LogP contribution in [0.5, 0.6) is 0 Å². The van der Waals surface area contributed by atoms with Gasteiger partial charge in [-0.2, -0.15) is 10.5 Å². The Morgan fingerprint density at radius 1 is 1.22 bits per heavy atom. The van der Waals surface area contributed by atoms with Crippen LogP contribution in [0.1, 0.15) is 28.9 Å². The van der Waals surface area contributed by atoms with E-state index in [0.29, 0.717) is 29.9 Å². The SMILES string of the molecule is N#Cc1cccc(-c2ccn3c(C(=O)C[C@@H]4CCN(C#N)C4)cnc3c2)c1. The molecule has 0 radical (unpaired) electrons. The zero-order valence-electron chi connectivity index (χ0n) is 14.7. The largest absolute Gasteiger partial charge is 0.310 e. The first-order valence-electron chi connectivity index (χ1n) is 8.83. The molecule has 0 spiro atoms. The summed E-state index contributed by atoms with van der Waals surface area (Å²) in [5.74, 6) is 0.266. The zero-order chi connectivity index (χ0) is 18.8. The monoisotopic (exact) mass is 355 g/mol. The van der Waals surface area contributed by atoms with Crippen LogP contribution in [0.2, 0.25) is 0 Å². The Balaban J connectivity index is 1.58. The van der Waals surface area contributed by atoms with Gasteiger partial charge in [-0.3, -0.25) is 9.20 Å². The molecule has 1 aliphatic heterocycles. The van der Waals surface area contributed by atoms with Crippen molar-refractivity contribution < 1.29 is 4.79 Å². The molecule has 1 aliphatic rings. The summed E-state index contributed by atoms with van der Waals surface area (Å²) in [6.45, 7) is 1.38. The Hall–Kier alpha value is -3.64. The lowest BCUT2D eigenvalue weighted by molar-refractivity contribution is 0.0957. The number of aromatic nitrogens is 2. The molecule has 132 valence electrons. The van der Waals surface area contributed by atoms with Crippen LogP contribution in [0.4, 0.5) is 0 Å². The summed E-state index contributed by atoms with van der Waals surface area (Å²) in [5.41, 5.74) is 3.76. The van der Waals surface area contributed by atoms with Gasteiger partial charge in [0.2, 0.25) is 0 Å². The summed E-state index contributed by atoms with van der Waals surface area (Å²) in [7, 11) is 0. The van der Waals surface area contributed by atoms with Gasteiger partial charge in [0.1, 0.15) is 11.3 Å². The number of rotatable bonds is 4. The summed E-state index contributed by atoms with van der Waals surface area (Å²) in [6, 6.07) is 13.4. The van der Waals surface area contributed by atoms with Crippen LogP contribution in [-0.2, 0) is 0 Å². The van der Waals surface area contributed by atoms with Gasteiger partial charge < -0.3 is 4.90 Å². The molecule has 0 bridgehead atoms. The van der Waals surface area contributed by atoms with Crippen molar-refractivity contribution in [2.75, 3.05) is 13.1 Å². The fourth-order valence-electron chi connectivity index (χ4n) is 3.59. The molecule has 27 heavy (non-hydrogen) atoms. The van der Waals surface area contributed by atoms with Crippen LogP contribution in [0.3, 0.4) is 0 Å². The van der Waals surface area contributed by atoms with Crippen LogP contribution in [-0.4, -0.2) is 33.2 Å². The number of Topliss-reactive ketones (excluding diaryl/α,β-unsaturated/α-hetero) is 1. The molecular formula is C21H17N5O. The van der Waals surface area contributed by atoms with E-state index in [0.717, 1.165) is 24.1 Å². The van der Waals surface area contributed by atoms with E-state index in [4.69, 9.17) is 10.5 Å². The van der Waals surface area contributed by atoms with Crippen molar-refractivity contribution in [1.29, 1.82) is 10.5 Å². The number of likely N-dealkylation sites (tertiary alicyclic amines) is 1. The third kappa shape index (κ3) is 3.26. The van der Waals surface area contributed by atoms with Gasteiger partial charge >= 0.3 is 0 Å². The first kappa shape index (κ1) is 16.8. The maximum Gasteiger partial charge on any atom is 0.181 e. The molecule has 1 aromatic carbocycles. The van der Waals surface area contributed by atoms with E-state index in [1.54, 1.807) is 21.6 Å². The predicted octanol–water partition coefficient (Wildman–Crippen LogP) is 3.25. The van der Waals surface area contributed by atoms with E-state index in [1.165, 1.54) is 0 Å². The number of hydrogen-bond acceptors (Lipinski definition) is 5. The molecule has 1 atom stereocenters. The number of carbonyl (C=O) groups is 1. The van der Waals surface area contributed by atoms with Gasteiger partial charge in [-0.1, -0.05) is 12.1 Å². The summed E-state index contributed by atoms with van der Waals surface area (Å²) >= 11 is 0. The minimum absolute atomic E-state index is 0.0477. The average Bonchev–Trinajstić information content (AvgIpc) is 3.34. The van der Waals surface area contributed by atoms with E-state index in [1.807, 2.05) is 36.5 Å². The number of ketones is 1. The molecule has 0 unspecified atom stereocenters. The second-order valence-corrected chi connectivity index (χ2v) is 6.81. The fraction of sp³-hybridized carbons (Fsp3) is 0.238. The van der Waals surface area contributed by atoms with Gasteiger partial charge in [0, 0.05) is 25.7 Å². The number of carbonyl (C=O) groups excluding carboxylic acids is 1. The van der Waals surface area contributed by atoms with Crippen molar-refractivity contribution in [3.63, 3.8) is 0 Å². The van der Waals surface area contributed by atoms with E-state index >= 15 is 0 Å². The van der Waals surface area contributed by atoms with Crippen molar-refractivity contribution in [2.24, 2.45) is 5.92 Å². The molecule has 2 aromatic heterocycles. The van der Waals surface area contributed by atoms with E-state index < -0.39 is 0 Å². The Morgan fingerprint density at radius 3 is 2.85 bits per heavy atom. The van der Waals surface area contributed by atoms with E-state index in [-0.39, 0.29) is 11.7 Å². The van der Waals surface area contributed by atoms with Gasteiger partial charge in [0.05, 0.1) is 17.8 Å². The number of pyridine rings is 1. The molecule has 3 heterocycles. The molecule has 6 nitrogen and oxygen atoms in total. The molecule has 4 rings (SSSR count). The van der Waals surface area contributed by atoms with E-state index in [9.17, 15) is 4.79 Å². The van der Waals surface area contributed by atoms with Crippen LogP contribution in [0.25, 0.3) is 16.8 Å². The van der Waals surface area contributed by atoms with Crippen molar-refractivity contribution in [3.8, 4) is 23.4 Å². The molecule has 0 aliphatic carbocycles. The van der Waals surface area contributed by atoms with E-state index in [2.05, 4.69) is 17.2 Å². The maximum absolute atomic E-state index is 12.7. The molecule has 0 saturated carbocycles. The van der Waals surface area contributed by atoms with Gasteiger partial charge in [0.25, 0.3) is 0 Å². The standard InChI is InChI=1S/C21H17N5O/c22-11-15-2-1-3-17(8-15)18-5-7-26-19(12-24-21(26)10-18)20(27)9-16-4-6-25(13-16)14-23/h1-3,5,7-8,10,12,16H,4,6,9,13H2/t16-/m0/s1. The number of benzene rings is 1. The van der Waals surface area contributed by atoms with Gasteiger partial charge in [-0.25, -0.2) is 4.98 Å². The lowest BCUT2D eigenvalue weighted by atomic mass is 10.0. The minimum atomic E-state index is 0.0477. The average molecular weight is 355 g/mol. The molecular weight excluding hydrogens is 338 g/mol. The number of nitriles is 2. The first-order chi connectivity index (χ1) is 13.2. The van der Waals surface area contributed by atoms with Crippen LogP contribution >= 0.6 is 0 Å². The van der Waals surface area contributed by atoms with Crippen molar-refractivity contribution in [3.05, 3.63) is 60.0 Å². The topological polar surface area (TPSA) is 85.2 Å². The number of nitrogens with zero attached hydrogens (tertiary/aromatic N) is 5. The Kier molecular flexibility index (Phi) is 4.32. The highest BCUT2D eigenvalue weighted by molar-refractivity contribution is 5.95. The third-order valence-corrected chi connectivity index (χ3v) is 5.03. The Morgan fingerprint density at radius 2 is 2.07 bits per heavy atom. The highest BCUT2D eigenvalue weighted by Crippen LogP contribution is 2.24. The van der Waals surface area contributed by atoms with Crippen molar-refractivity contribution in [1.82, 2.24) is 14.3 Å². The maximum atomic E-state index is 12.7. The van der Waals surface area contributed by atoms with Gasteiger partial charge in [-0.15, -0.1) is 0 Å². The second-order valence-electron chi connectivity index (χ2n) is 6.81. The van der Waals surface area contributed by atoms with Gasteiger partial charge in [-0.05, 0) is 47.7 Å². The molecule has 0 amide bonds.